The van der Waals surface area contributed by atoms with Gasteiger partial charge in [0.1, 0.15) is 0 Å². The Morgan fingerprint density at radius 3 is 2.79 bits per heavy atom. The first-order chi connectivity index (χ1) is 9.13. The number of nitrogen functional groups attached to an aromatic ring is 1. The molecule has 0 aliphatic carbocycles. The molecule has 6 nitrogen and oxygen atoms in total. The zero-order valence-corrected chi connectivity index (χ0v) is 10.4. The predicted octanol–water partition coefficient (Wildman–Crippen LogP) is 0.384. The van der Waals surface area contributed by atoms with E-state index in [2.05, 4.69) is 5.32 Å². The number of nitriles is 1. The number of nitrogens with two attached hydrogens (primary N) is 1. The molecule has 0 saturated carbocycles. The van der Waals surface area contributed by atoms with Gasteiger partial charge in [-0.15, -0.1) is 0 Å². The van der Waals surface area contributed by atoms with Crippen LogP contribution in [-0.2, 0) is 20.7 Å². The summed E-state index contributed by atoms with van der Waals surface area (Å²) >= 11 is 0. The van der Waals surface area contributed by atoms with E-state index >= 15 is 0 Å². The highest BCUT2D eigenvalue weighted by Crippen LogP contribution is 2.11. The van der Waals surface area contributed by atoms with Crippen molar-refractivity contribution >= 4 is 17.6 Å². The Kier molecular flexibility index (Phi) is 5.89. The van der Waals surface area contributed by atoms with Crippen molar-refractivity contribution in [3.05, 3.63) is 29.8 Å². The maximum absolute atomic E-state index is 11.5. The van der Waals surface area contributed by atoms with Crippen molar-refractivity contribution in [2.45, 2.75) is 12.8 Å². The van der Waals surface area contributed by atoms with Gasteiger partial charge in [0.25, 0.3) is 5.91 Å². The summed E-state index contributed by atoms with van der Waals surface area (Å²) in [7, 11) is 0. The molecule has 100 valence electrons. The minimum Gasteiger partial charge on any atom is -0.455 e. The Labute approximate surface area is 111 Å². The summed E-state index contributed by atoms with van der Waals surface area (Å²) in [6, 6.07) is 8.85. The van der Waals surface area contributed by atoms with Crippen LogP contribution in [0.2, 0.25) is 0 Å². The van der Waals surface area contributed by atoms with Crippen LogP contribution in [0, 0.1) is 11.3 Å². The van der Waals surface area contributed by atoms with E-state index in [1.165, 1.54) is 0 Å². The number of amides is 1. The molecule has 0 spiro atoms. The third kappa shape index (κ3) is 5.55. The topological polar surface area (TPSA) is 105 Å². The van der Waals surface area contributed by atoms with Crippen molar-refractivity contribution in [2.24, 2.45) is 0 Å². The van der Waals surface area contributed by atoms with Crippen LogP contribution in [0.3, 0.4) is 0 Å². The first-order valence-electron chi connectivity index (χ1n) is 5.76. The first kappa shape index (κ1) is 14.5. The van der Waals surface area contributed by atoms with Crippen LogP contribution in [0.15, 0.2) is 24.3 Å². The highest BCUT2D eigenvalue weighted by atomic mass is 16.5. The third-order valence-electron chi connectivity index (χ3n) is 2.31. The molecule has 0 aromatic heterocycles. The van der Waals surface area contributed by atoms with Gasteiger partial charge in [-0.3, -0.25) is 9.59 Å². The summed E-state index contributed by atoms with van der Waals surface area (Å²) in [5.74, 6) is -0.946. The Balaban J connectivity index is 2.31. The van der Waals surface area contributed by atoms with Crippen LogP contribution in [0.5, 0.6) is 0 Å². The Bertz CT molecular complexity index is 494. The van der Waals surface area contributed by atoms with Gasteiger partial charge in [-0.05, 0) is 11.6 Å². The zero-order chi connectivity index (χ0) is 14.1. The maximum Gasteiger partial charge on any atom is 0.310 e. The highest BCUT2D eigenvalue weighted by Gasteiger charge is 2.09. The Hall–Kier alpha value is -2.55. The van der Waals surface area contributed by atoms with E-state index in [-0.39, 0.29) is 26.0 Å². The molecule has 0 unspecified atom stereocenters. The lowest BCUT2D eigenvalue weighted by Crippen LogP contribution is -2.29. The molecule has 0 saturated heterocycles. The van der Waals surface area contributed by atoms with Crippen molar-refractivity contribution < 1.29 is 14.3 Å². The number of ether oxygens (including phenoxy) is 1. The molecule has 19 heavy (non-hydrogen) atoms. The van der Waals surface area contributed by atoms with E-state index in [1.54, 1.807) is 24.3 Å². The van der Waals surface area contributed by atoms with E-state index in [9.17, 15) is 9.59 Å². The quantitative estimate of drug-likeness (QED) is 0.437. The van der Waals surface area contributed by atoms with Crippen LogP contribution >= 0.6 is 0 Å². The predicted molar refractivity (Wildman–Crippen MR) is 68.8 cm³/mol. The molecule has 0 heterocycles. The molecule has 0 fully saturated rings. The number of hydrogen-bond acceptors (Lipinski definition) is 5. The smallest absolute Gasteiger partial charge is 0.310 e. The number of para-hydroxylation sites is 1. The van der Waals surface area contributed by atoms with Gasteiger partial charge in [0.05, 0.1) is 18.9 Å². The molecule has 6 heteroatoms. The lowest BCUT2D eigenvalue weighted by molar-refractivity contribution is -0.147. The molecule has 0 aliphatic heterocycles. The van der Waals surface area contributed by atoms with E-state index in [0.717, 1.165) is 0 Å². The van der Waals surface area contributed by atoms with E-state index in [0.29, 0.717) is 11.3 Å². The molecule has 1 aromatic carbocycles. The van der Waals surface area contributed by atoms with Gasteiger partial charge in [-0.25, -0.2) is 0 Å². The SMILES string of the molecule is N#CCCNC(=O)COC(=O)Cc1ccccc1N. The molecule has 0 bridgehead atoms. The minimum atomic E-state index is -0.520. The fourth-order valence-electron chi connectivity index (χ4n) is 1.36. The maximum atomic E-state index is 11.5. The zero-order valence-electron chi connectivity index (χ0n) is 10.4. The van der Waals surface area contributed by atoms with E-state index in [1.807, 2.05) is 6.07 Å². The van der Waals surface area contributed by atoms with Gasteiger partial charge in [0, 0.05) is 12.2 Å². The summed E-state index contributed by atoms with van der Waals surface area (Å²) in [5.41, 5.74) is 6.86. The normalized spacial score (nSPS) is 9.42. The number of esters is 1. The lowest BCUT2D eigenvalue weighted by Gasteiger charge is -2.06. The largest absolute Gasteiger partial charge is 0.455 e. The lowest BCUT2D eigenvalue weighted by atomic mass is 10.1. The molecule has 0 radical (unpaired) electrons. The molecule has 0 aliphatic rings. The summed E-state index contributed by atoms with van der Waals surface area (Å²) in [5, 5.41) is 10.7. The first-order valence-corrected chi connectivity index (χ1v) is 5.76. The summed E-state index contributed by atoms with van der Waals surface area (Å²) < 4.78 is 4.80. The summed E-state index contributed by atoms with van der Waals surface area (Å²) in [4.78, 5) is 22.7. The summed E-state index contributed by atoms with van der Waals surface area (Å²) in [6.45, 7) is -0.102. The number of nitrogens with one attached hydrogen (secondary N) is 1. The van der Waals surface area contributed by atoms with E-state index in [4.69, 9.17) is 15.7 Å². The molecule has 1 amide bonds. The van der Waals surface area contributed by atoms with Crippen LogP contribution < -0.4 is 11.1 Å². The second-order valence-corrected chi connectivity index (χ2v) is 3.79. The number of benzene rings is 1. The fourth-order valence-corrected chi connectivity index (χ4v) is 1.36. The highest BCUT2D eigenvalue weighted by molar-refractivity contribution is 5.81. The average molecular weight is 261 g/mol. The molecule has 0 atom stereocenters. The van der Waals surface area contributed by atoms with Crippen molar-refractivity contribution in [2.75, 3.05) is 18.9 Å². The Morgan fingerprint density at radius 1 is 1.37 bits per heavy atom. The molecule has 1 rings (SSSR count). The van der Waals surface area contributed by atoms with Crippen LogP contribution in [0.4, 0.5) is 5.69 Å². The van der Waals surface area contributed by atoms with Crippen LogP contribution in [0.25, 0.3) is 0 Å². The molecule has 1 aromatic rings. The number of carbonyl (C=O) groups excluding carboxylic acids is 2. The fraction of sp³-hybridized carbons (Fsp3) is 0.308. The minimum absolute atomic E-state index is 0.0259. The molecule has 3 N–H and O–H groups in total. The van der Waals surface area contributed by atoms with Crippen LogP contribution in [0.1, 0.15) is 12.0 Å². The van der Waals surface area contributed by atoms with Gasteiger partial charge in [0.2, 0.25) is 0 Å². The van der Waals surface area contributed by atoms with Gasteiger partial charge in [0.15, 0.2) is 6.61 Å². The van der Waals surface area contributed by atoms with Crippen molar-refractivity contribution in [1.82, 2.24) is 5.32 Å². The number of anilines is 1. The second-order valence-electron chi connectivity index (χ2n) is 3.79. The van der Waals surface area contributed by atoms with Crippen molar-refractivity contribution in [3.63, 3.8) is 0 Å². The van der Waals surface area contributed by atoms with Crippen molar-refractivity contribution in [1.29, 1.82) is 5.26 Å². The van der Waals surface area contributed by atoms with E-state index < -0.39 is 11.9 Å². The third-order valence-corrected chi connectivity index (χ3v) is 2.31. The number of rotatable bonds is 6. The van der Waals surface area contributed by atoms with Gasteiger partial charge < -0.3 is 15.8 Å². The number of hydrogen-bond donors (Lipinski definition) is 2. The standard InChI is InChI=1S/C13H15N3O3/c14-6-3-7-16-12(17)9-19-13(18)8-10-4-1-2-5-11(10)15/h1-2,4-5H,3,7-9,15H2,(H,16,17). The molecular formula is C13H15N3O3. The number of carbonyl (C=O) groups is 2. The monoisotopic (exact) mass is 261 g/mol. The van der Waals surface area contributed by atoms with Gasteiger partial charge in [-0.1, -0.05) is 18.2 Å². The van der Waals surface area contributed by atoms with Crippen LogP contribution in [-0.4, -0.2) is 25.0 Å². The summed E-state index contributed by atoms with van der Waals surface area (Å²) in [6.07, 6.45) is 0.248. The number of nitrogens with zero attached hydrogens (tertiary/aromatic N) is 1. The van der Waals surface area contributed by atoms with Gasteiger partial charge in [-0.2, -0.15) is 5.26 Å². The van der Waals surface area contributed by atoms with Crippen molar-refractivity contribution in [3.8, 4) is 6.07 Å². The van der Waals surface area contributed by atoms with Gasteiger partial charge >= 0.3 is 5.97 Å². The Morgan fingerprint density at radius 2 is 2.11 bits per heavy atom. The molecular weight excluding hydrogens is 246 g/mol. The second kappa shape index (κ2) is 7.71. The average Bonchev–Trinajstić information content (AvgIpc) is 2.39.